The monoisotopic (exact) mass is 307 g/mol. The van der Waals surface area contributed by atoms with Crippen LogP contribution in [0, 0.1) is 0 Å². The average molecular weight is 308 g/mol. The van der Waals surface area contributed by atoms with Crippen LogP contribution in [0.4, 0.5) is 0 Å². The number of amides is 1. The summed E-state index contributed by atoms with van der Waals surface area (Å²) >= 11 is 6.32. The number of hydrogen-bond donors (Lipinski definition) is 0. The number of ether oxygens (including phenoxy) is 1. The summed E-state index contributed by atoms with van der Waals surface area (Å²) in [5.41, 5.74) is 1.78. The van der Waals surface area contributed by atoms with E-state index in [1.54, 1.807) is 0 Å². The zero-order valence-electron chi connectivity index (χ0n) is 12.6. The van der Waals surface area contributed by atoms with Gasteiger partial charge in [-0.25, -0.2) is 0 Å². The maximum atomic E-state index is 12.8. The van der Waals surface area contributed by atoms with Gasteiger partial charge in [-0.3, -0.25) is 4.79 Å². The summed E-state index contributed by atoms with van der Waals surface area (Å²) in [4.78, 5) is 14.8. The minimum atomic E-state index is 0.0902. The molecule has 4 heteroatoms. The Balaban J connectivity index is 1.83. The molecule has 0 saturated carbocycles. The standard InChI is InChI=1S/C17H22ClNO2/c1-11(2)15-7-6-12(8-16(15)18)17(20)19-9-14-5-3-4-13(19)10-21-14/h6-8,11,13-14H,3-5,9-10H2,1-2H3. The Morgan fingerprint density at radius 3 is 2.90 bits per heavy atom. The van der Waals surface area contributed by atoms with Crippen LogP contribution in [0.3, 0.4) is 0 Å². The van der Waals surface area contributed by atoms with Crippen LogP contribution in [0.1, 0.15) is 54.9 Å². The van der Waals surface area contributed by atoms with E-state index in [-0.39, 0.29) is 18.1 Å². The number of morpholine rings is 1. The van der Waals surface area contributed by atoms with Gasteiger partial charge in [0.1, 0.15) is 0 Å². The second-order valence-electron chi connectivity index (χ2n) is 6.39. The predicted octanol–water partition coefficient (Wildman–Crippen LogP) is 3.86. The Morgan fingerprint density at radius 1 is 1.38 bits per heavy atom. The van der Waals surface area contributed by atoms with Gasteiger partial charge in [0.2, 0.25) is 0 Å². The lowest BCUT2D eigenvalue weighted by Gasteiger charge is -2.36. The number of carbonyl (C=O) groups excluding carboxylic acids is 1. The molecule has 21 heavy (non-hydrogen) atoms. The molecule has 1 aromatic carbocycles. The maximum absolute atomic E-state index is 12.8. The third-order valence-electron chi connectivity index (χ3n) is 4.56. The topological polar surface area (TPSA) is 29.5 Å². The quantitative estimate of drug-likeness (QED) is 0.830. The first-order valence-electron chi connectivity index (χ1n) is 7.78. The molecule has 2 bridgehead atoms. The highest BCUT2D eigenvalue weighted by molar-refractivity contribution is 6.31. The van der Waals surface area contributed by atoms with Crippen LogP contribution >= 0.6 is 11.6 Å². The van der Waals surface area contributed by atoms with E-state index < -0.39 is 0 Å². The molecule has 0 aromatic heterocycles. The third kappa shape index (κ3) is 2.95. The van der Waals surface area contributed by atoms with Crippen LogP contribution in [0.2, 0.25) is 5.02 Å². The first-order valence-corrected chi connectivity index (χ1v) is 8.16. The molecule has 1 aromatic rings. The smallest absolute Gasteiger partial charge is 0.254 e. The molecule has 0 spiro atoms. The van der Waals surface area contributed by atoms with E-state index in [1.165, 1.54) is 0 Å². The van der Waals surface area contributed by atoms with Gasteiger partial charge in [0.15, 0.2) is 0 Å². The van der Waals surface area contributed by atoms with Crippen molar-refractivity contribution in [2.45, 2.75) is 51.2 Å². The van der Waals surface area contributed by atoms with Crippen molar-refractivity contribution in [2.24, 2.45) is 0 Å². The molecule has 4 rings (SSSR count). The van der Waals surface area contributed by atoms with Crippen LogP contribution in [0.25, 0.3) is 0 Å². The Bertz CT molecular complexity index is 540. The lowest BCUT2D eigenvalue weighted by molar-refractivity contribution is -0.0393. The van der Waals surface area contributed by atoms with Gasteiger partial charge in [0.05, 0.1) is 18.8 Å². The first-order chi connectivity index (χ1) is 10.1. The lowest BCUT2D eigenvalue weighted by Crippen LogP contribution is -2.50. The van der Waals surface area contributed by atoms with Crippen LogP contribution in [-0.2, 0) is 4.74 Å². The van der Waals surface area contributed by atoms with Gasteiger partial charge in [-0.1, -0.05) is 31.5 Å². The molecule has 3 heterocycles. The summed E-state index contributed by atoms with van der Waals surface area (Å²) < 4.78 is 5.77. The highest BCUT2D eigenvalue weighted by Crippen LogP contribution is 2.29. The fraction of sp³-hybridized carbons (Fsp3) is 0.588. The summed E-state index contributed by atoms with van der Waals surface area (Å²) in [7, 11) is 0. The molecule has 0 aliphatic carbocycles. The second kappa shape index (κ2) is 5.98. The number of halogens is 1. The third-order valence-corrected chi connectivity index (χ3v) is 4.89. The summed E-state index contributed by atoms with van der Waals surface area (Å²) in [5.74, 6) is 0.455. The molecule has 2 unspecified atom stereocenters. The van der Waals surface area contributed by atoms with E-state index >= 15 is 0 Å². The fourth-order valence-corrected chi connectivity index (χ4v) is 3.69. The number of benzene rings is 1. The zero-order chi connectivity index (χ0) is 15.0. The van der Waals surface area contributed by atoms with E-state index in [0.717, 1.165) is 24.8 Å². The van der Waals surface area contributed by atoms with E-state index in [4.69, 9.17) is 16.3 Å². The van der Waals surface area contributed by atoms with E-state index in [2.05, 4.69) is 13.8 Å². The van der Waals surface area contributed by atoms with Crippen LogP contribution in [-0.4, -0.2) is 36.1 Å². The summed E-state index contributed by atoms with van der Waals surface area (Å²) in [6.45, 7) is 5.60. The Morgan fingerprint density at radius 2 is 2.19 bits per heavy atom. The first kappa shape index (κ1) is 14.9. The number of hydrogen-bond acceptors (Lipinski definition) is 2. The molecule has 1 amide bonds. The van der Waals surface area contributed by atoms with Gasteiger partial charge in [-0.2, -0.15) is 0 Å². The Labute approximate surface area is 131 Å². The highest BCUT2D eigenvalue weighted by Gasteiger charge is 2.35. The van der Waals surface area contributed by atoms with Crippen LogP contribution in [0.5, 0.6) is 0 Å². The molecule has 3 nitrogen and oxygen atoms in total. The Kier molecular flexibility index (Phi) is 4.23. The van der Waals surface area contributed by atoms with Crippen molar-refractivity contribution in [3.8, 4) is 0 Å². The normalized spacial score (nSPS) is 25.2. The van der Waals surface area contributed by atoms with E-state index in [9.17, 15) is 4.79 Å². The summed E-state index contributed by atoms with van der Waals surface area (Å²) in [5, 5.41) is 0.687. The fourth-order valence-electron chi connectivity index (χ4n) is 3.30. The lowest BCUT2D eigenvalue weighted by atomic mass is 10.0. The van der Waals surface area contributed by atoms with E-state index in [0.29, 0.717) is 29.7 Å². The number of rotatable bonds is 2. The highest BCUT2D eigenvalue weighted by atomic mass is 35.5. The second-order valence-corrected chi connectivity index (χ2v) is 6.80. The van der Waals surface area contributed by atoms with Crippen molar-refractivity contribution in [1.29, 1.82) is 0 Å². The van der Waals surface area contributed by atoms with Gasteiger partial charge in [-0.15, -0.1) is 0 Å². The molecular formula is C17H22ClNO2. The molecule has 0 N–H and O–H groups in total. The molecule has 0 radical (unpaired) electrons. The number of carbonyl (C=O) groups is 1. The van der Waals surface area contributed by atoms with Crippen molar-refractivity contribution in [3.63, 3.8) is 0 Å². The summed E-state index contributed by atoms with van der Waals surface area (Å²) in [6, 6.07) is 5.92. The Hall–Kier alpha value is -1.06. The van der Waals surface area contributed by atoms with Crippen LogP contribution < -0.4 is 0 Å². The molecule has 3 aliphatic rings. The molecular weight excluding hydrogens is 286 g/mol. The zero-order valence-corrected chi connectivity index (χ0v) is 13.4. The molecule has 3 fully saturated rings. The predicted molar refractivity (Wildman–Crippen MR) is 84.0 cm³/mol. The molecule has 3 saturated heterocycles. The van der Waals surface area contributed by atoms with Crippen molar-refractivity contribution >= 4 is 17.5 Å². The van der Waals surface area contributed by atoms with Gasteiger partial charge >= 0.3 is 0 Å². The van der Waals surface area contributed by atoms with Crippen molar-refractivity contribution in [2.75, 3.05) is 13.2 Å². The van der Waals surface area contributed by atoms with Crippen LogP contribution in [0.15, 0.2) is 18.2 Å². The van der Waals surface area contributed by atoms with Gasteiger partial charge < -0.3 is 9.64 Å². The minimum absolute atomic E-state index is 0.0902. The van der Waals surface area contributed by atoms with Crippen molar-refractivity contribution < 1.29 is 9.53 Å². The van der Waals surface area contributed by atoms with Gasteiger partial charge in [-0.05, 0) is 42.9 Å². The number of fused-ring (bicyclic) bond motifs is 4. The number of nitrogens with zero attached hydrogens (tertiary/aromatic N) is 1. The molecule has 114 valence electrons. The van der Waals surface area contributed by atoms with Crippen molar-refractivity contribution in [3.05, 3.63) is 34.3 Å². The van der Waals surface area contributed by atoms with Gasteiger partial charge in [0, 0.05) is 17.1 Å². The van der Waals surface area contributed by atoms with E-state index in [1.807, 2.05) is 23.1 Å². The molecule has 3 aliphatic heterocycles. The SMILES string of the molecule is CC(C)c1ccc(C(=O)N2CC3CCCC2CO3)cc1Cl. The maximum Gasteiger partial charge on any atom is 0.254 e. The molecule has 2 atom stereocenters. The average Bonchev–Trinajstić information content (AvgIpc) is 2.81. The minimum Gasteiger partial charge on any atom is -0.374 e. The van der Waals surface area contributed by atoms with Crippen molar-refractivity contribution in [1.82, 2.24) is 4.90 Å². The largest absolute Gasteiger partial charge is 0.374 e. The van der Waals surface area contributed by atoms with Gasteiger partial charge in [0.25, 0.3) is 5.91 Å². The summed E-state index contributed by atoms with van der Waals surface area (Å²) in [6.07, 6.45) is 3.46.